The third-order valence-corrected chi connectivity index (χ3v) is 5.47. The zero-order chi connectivity index (χ0) is 13.3. The highest BCUT2D eigenvalue weighted by Gasteiger charge is 2.31. The van der Waals surface area contributed by atoms with Crippen molar-refractivity contribution in [1.29, 1.82) is 0 Å². The Kier molecular flexibility index (Phi) is 5.38. The van der Waals surface area contributed by atoms with Crippen LogP contribution in [0.4, 0.5) is 0 Å². The van der Waals surface area contributed by atoms with Crippen molar-refractivity contribution in [2.24, 2.45) is 11.7 Å². The number of piperidine rings is 1. The van der Waals surface area contributed by atoms with Crippen molar-refractivity contribution in [3.63, 3.8) is 0 Å². The van der Waals surface area contributed by atoms with Gasteiger partial charge in [-0.3, -0.25) is 0 Å². The van der Waals surface area contributed by atoms with Crippen molar-refractivity contribution in [3.05, 3.63) is 29.8 Å². The van der Waals surface area contributed by atoms with Gasteiger partial charge >= 0.3 is 0 Å². The quantitative estimate of drug-likeness (QED) is 0.906. The first kappa shape index (κ1) is 16.4. The standard InChI is InChI=1S/C13H20N2O2S.ClH/c1-10-3-5-12(6-4-10)18(16,17)15-8-7-13(14)11(2)9-15;/h3-6,11,13H,7-9,14H2,1-2H3;1H. The Balaban J connectivity index is 0.00000180. The molecule has 0 spiro atoms. The zero-order valence-electron chi connectivity index (χ0n) is 11.2. The molecule has 2 rings (SSSR count). The van der Waals surface area contributed by atoms with Crippen molar-refractivity contribution in [2.75, 3.05) is 13.1 Å². The highest BCUT2D eigenvalue weighted by atomic mass is 35.5. The lowest BCUT2D eigenvalue weighted by Crippen LogP contribution is -2.48. The molecule has 1 aliphatic heterocycles. The van der Waals surface area contributed by atoms with Gasteiger partial charge in [0.1, 0.15) is 0 Å². The van der Waals surface area contributed by atoms with Gasteiger partial charge in [0.05, 0.1) is 4.90 Å². The monoisotopic (exact) mass is 304 g/mol. The second kappa shape index (κ2) is 6.22. The van der Waals surface area contributed by atoms with Gasteiger partial charge in [0.15, 0.2) is 0 Å². The Morgan fingerprint density at radius 3 is 2.37 bits per heavy atom. The summed E-state index contributed by atoms with van der Waals surface area (Å²) in [4.78, 5) is 0.371. The summed E-state index contributed by atoms with van der Waals surface area (Å²) in [6.07, 6.45) is 0.728. The number of rotatable bonds is 2. The molecule has 1 aliphatic rings. The summed E-state index contributed by atoms with van der Waals surface area (Å²) in [7, 11) is -3.36. The van der Waals surface area contributed by atoms with Crippen LogP contribution in [0.25, 0.3) is 0 Å². The molecule has 1 aromatic rings. The van der Waals surface area contributed by atoms with E-state index in [9.17, 15) is 8.42 Å². The van der Waals surface area contributed by atoms with Crippen LogP contribution in [0.15, 0.2) is 29.2 Å². The number of nitrogens with two attached hydrogens (primary N) is 1. The molecule has 108 valence electrons. The molecule has 6 heteroatoms. The van der Waals surface area contributed by atoms with E-state index in [1.807, 2.05) is 26.0 Å². The van der Waals surface area contributed by atoms with Crippen LogP contribution in [-0.4, -0.2) is 31.9 Å². The minimum absolute atomic E-state index is 0. The van der Waals surface area contributed by atoms with E-state index in [1.165, 1.54) is 0 Å². The SMILES string of the molecule is Cc1ccc(S(=O)(=O)N2CCC(N)C(C)C2)cc1.Cl. The van der Waals surface area contributed by atoms with Crippen molar-refractivity contribution >= 4 is 22.4 Å². The minimum atomic E-state index is -3.36. The molecule has 0 amide bonds. The van der Waals surface area contributed by atoms with Crippen LogP contribution in [0.2, 0.25) is 0 Å². The molecule has 1 aromatic carbocycles. The molecule has 2 unspecified atom stereocenters. The number of aryl methyl sites for hydroxylation is 1. The smallest absolute Gasteiger partial charge is 0.243 e. The van der Waals surface area contributed by atoms with E-state index in [1.54, 1.807) is 16.4 Å². The highest BCUT2D eigenvalue weighted by Crippen LogP contribution is 2.23. The summed E-state index contributed by atoms with van der Waals surface area (Å²) in [5, 5.41) is 0. The van der Waals surface area contributed by atoms with Crippen LogP contribution in [0.1, 0.15) is 18.9 Å². The summed E-state index contributed by atoms with van der Waals surface area (Å²) in [6, 6.07) is 7.10. The summed E-state index contributed by atoms with van der Waals surface area (Å²) in [5.74, 6) is 0.207. The van der Waals surface area contributed by atoms with E-state index < -0.39 is 10.0 Å². The predicted octanol–water partition coefficient (Wildman–Crippen LogP) is 1.77. The average Bonchev–Trinajstić information content (AvgIpc) is 2.33. The normalized spacial score (nSPS) is 24.8. The van der Waals surface area contributed by atoms with Gasteiger partial charge in [-0.05, 0) is 31.4 Å². The van der Waals surface area contributed by atoms with Crippen LogP contribution in [0.3, 0.4) is 0 Å². The van der Waals surface area contributed by atoms with E-state index >= 15 is 0 Å². The molecule has 2 atom stereocenters. The second-order valence-electron chi connectivity index (χ2n) is 5.11. The fourth-order valence-corrected chi connectivity index (χ4v) is 3.76. The number of hydrogen-bond acceptors (Lipinski definition) is 3. The fraction of sp³-hybridized carbons (Fsp3) is 0.538. The number of benzene rings is 1. The summed E-state index contributed by atoms with van der Waals surface area (Å²) < 4.78 is 26.4. The second-order valence-corrected chi connectivity index (χ2v) is 7.04. The van der Waals surface area contributed by atoms with Gasteiger partial charge in [0.25, 0.3) is 0 Å². The van der Waals surface area contributed by atoms with Crippen molar-refractivity contribution in [1.82, 2.24) is 4.31 Å². The maximum Gasteiger partial charge on any atom is 0.243 e. The van der Waals surface area contributed by atoms with E-state index in [0.717, 1.165) is 12.0 Å². The van der Waals surface area contributed by atoms with E-state index in [0.29, 0.717) is 18.0 Å². The maximum atomic E-state index is 12.4. The molecule has 1 saturated heterocycles. The topological polar surface area (TPSA) is 63.4 Å². The highest BCUT2D eigenvalue weighted by molar-refractivity contribution is 7.89. The number of nitrogens with zero attached hydrogens (tertiary/aromatic N) is 1. The molecule has 4 nitrogen and oxygen atoms in total. The van der Waals surface area contributed by atoms with Crippen molar-refractivity contribution in [3.8, 4) is 0 Å². The molecule has 1 heterocycles. The average molecular weight is 305 g/mol. The van der Waals surface area contributed by atoms with Crippen LogP contribution in [0.5, 0.6) is 0 Å². The van der Waals surface area contributed by atoms with Crippen LogP contribution in [-0.2, 0) is 10.0 Å². The number of sulfonamides is 1. The fourth-order valence-electron chi connectivity index (χ4n) is 2.20. The first-order valence-electron chi connectivity index (χ1n) is 6.23. The van der Waals surface area contributed by atoms with Gasteiger partial charge in [-0.25, -0.2) is 8.42 Å². The van der Waals surface area contributed by atoms with Gasteiger partial charge in [-0.2, -0.15) is 4.31 Å². The lowest BCUT2D eigenvalue weighted by molar-refractivity contribution is 0.250. The van der Waals surface area contributed by atoms with Gasteiger partial charge in [-0.1, -0.05) is 24.6 Å². The lowest BCUT2D eigenvalue weighted by Gasteiger charge is -2.34. The molecule has 0 aromatic heterocycles. The Labute approximate surface area is 121 Å². The van der Waals surface area contributed by atoms with Crippen LogP contribution < -0.4 is 5.73 Å². The third-order valence-electron chi connectivity index (χ3n) is 3.59. The molecule has 0 aliphatic carbocycles. The first-order valence-corrected chi connectivity index (χ1v) is 7.67. The van der Waals surface area contributed by atoms with E-state index in [-0.39, 0.29) is 24.4 Å². The van der Waals surface area contributed by atoms with Gasteiger partial charge in [0.2, 0.25) is 10.0 Å². The van der Waals surface area contributed by atoms with Crippen LogP contribution >= 0.6 is 12.4 Å². The van der Waals surface area contributed by atoms with E-state index in [2.05, 4.69) is 0 Å². The Morgan fingerprint density at radius 2 is 1.84 bits per heavy atom. The lowest BCUT2D eigenvalue weighted by atomic mass is 9.96. The van der Waals surface area contributed by atoms with E-state index in [4.69, 9.17) is 5.73 Å². The molecule has 0 bridgehead atoms. The molecule has 1 fully saturated rings. The van der Waals surface area contributed by atoms with Gasteiger partial charge < -0.3 is 5.73 Å². The molecule has 0 saturated carbocycles. The Bertz CT molecular complexity index is 516. The minimum Gasteiger partial charge on any atom is -0.327 e. The summed E-state index contributed by atoms with van der Waals surface area (Å²) >= 11 is 0. The van der Waals surface area contributed by atoms with Gasteiger partial charge in [0, 0.05) is 19.1 Å². The predicted molar refractivity (Wildman–Crippen MR) is 78.9 cm³/mol. The molecular weight excluding hydrogens is 284 g/mol. The van der Waals surface area contributed by atoms with Crippen molar-refractivity contribution < 1.29 is 8.42 Å². The first-order chi connectivity index (χ1) is 8.41. The molecular formula is C13H21ClN2O2S. The summed E-state index contributed by atoms with van der Waals surface area (Å²) in [5.41, 5.74) is 6.98. The summed E-state index contributed by atoms with van der Waals surface area (Å²) in [6.45, 7) is 4.97. The zero-order valence-corrected chi connectivity index (χ0v) is 12.9. The molecule has 2 N–H and O–H groups in total. The Morgan fingerprint density at radius 1 is 1.26 bits per heavy atom. The number of hydrogen-bond donors (Lipinski definition) is 1. The number of halogens is 1. The maximum absolute atomic E-state index is 12.4. The van der Waals surface area contributed by atoms with Crippen molar-refractivity contribution in [2.45, 2.75) is 31.2 Å². The van der Waals surface area contributed by atoms with Crippen LogP contribution in [0, 0.1) is 12.8 Å². The van der Waals surface area contributed by atoms with Gasteiger partial charge in [-0.15, -0.1) is 12.4 Å². The largest absolute Gasteiger partial charge is 0.327 e. The molecule has 19 heavy (non-hydrogen) atoms. The Hall–Kier alpha value is -0.620. The third kappa shape index (κ3) is 3.48. The molecule has 0 radical (unpaired) electrons.